The van der Waals surface area contributed by atoms with E-state index in [2.05, 4.69) is 5.32 Å². The molecule has 0 spiro atoms. The van der Waals surface area contributed by atoms with E-state index in [1.165, 1.54) is 0 Å². The Balaban J connectivity index is 2.55. The monoisotopic (exact) mass is 248 g/mol. The number of carbonyl (C=O) groups is 1. The van der Waals surface area contributed by atoms with E-state index >= 15 is 0 Å². The summed E-state index contributed by atoms with van der Waals surface area (Å²) in [7, 11) is 0. The molecule has 0 aromatic heterocycles. The molecule has 0 saturated heterocycles. The van der Waals surface area contributed by atoms with Gasteiger partial charge < -0.3 is 14.8 Å². The summed E-state index contributed by atoms with van der Waals surface area (Å²) in [6.45, 7) is 2.81. The number of hydrogen-bond donors (Lipinski definition) is 1. The molecule has 0 radical (unpaired) electrons. The Kier molecular flexibility index (Phi) is 6.30. The number of anilines is 1. The summed E-state index contributed by atoms with van der Waals surface area (Å²) in [4.78, 5) is 11.6. The molecule has 1 aromatic rings. The lowest BCUT2D eigenvalue weighted by Gasteiger charge is -2.10. The summed E-state index contributed by atoms with van der Waals surface area (Å²) in [5.74, 6) is 0.347. The van der Waals surface area contributed by atoms with Gasteiger partial charge in [0.05, 0.1) is 18.7 Å². The predicted molar refractivity (Wildman–Crippen MR) is 67.3 cm³/mol. The van der Waals surface area contributed by atoms with Crippen LogP contribution in [0.5, 0.6) is 5.75 Å². The number of rotatable bonds is 7. The Hall–Kier alpha value is -2.06. The highest BCUT2D eigenvalue weighted by Gasteiger charge is 2.07. The first kappa shape index (κ1) is 14.0. The van der Waals surface area contributed by atoms with Crippen LogP contribution in [0.15, 0.2) is 24.3 Å². The highest BCUT2D eigenvalue weighted by atomic mass is 16.5. The third-order valence-corrected chi connectivity index (χ3v) is 2.13. The van der Waals surface area contributed by atoms with E-state index in [1.807, 2.05) is 13.0 Å². The van der Waals surface area contributed by atoms with Gasteiger partial charge in [0, 0.05) is 6.61 Å². The molecular formula is C13H16N2O3. The molecule has 5 nitrogen and oxygen atoms in total. The average Bonchev–Trinajstić information content (AvgIpc) is 2.38. The molecule has 0 saturated carbocycles. The minimum absolute atomic E-state index is 0.0498. The second-order valence-corrected chi connectivity index (χ2v) is 3.44. The quantitative estimate of drug-likeness (QED) is 0.749. The lowest BCUT2D eigenvalue weighted by Crippen LogP contribution is -2.15. The molecule has 0 aliphatic rings. The maximum absolute atomic E-state index is 11.6. The fraction of sp³-hybridized carbons (Fsp3) is 0.385. The summed E-state index contributed by atoms with van der Waals surface area (Å²) >= 11 is 0. The third kappa shape index (κ3) is 4.85. The van der Waals surface area contributed by atoms with Gasteiger partial charge in [0.15, 0.2) is 6.61 Å². The van der Waals surface area contributed by atoms with E-state index in [9.17, 15) is 4.79 Å². The van der Waals surface area contributed by atoms with Crippen LogP contribution in [-0.2, 0) is 9.53 Å². The first-order chi connectivity index (χ1) is 8.77. The van der Waals surface area contributed by atoms with E-state index < -0.39 is 0 Å². The van der Waals surface area contributed by atoms with Gasteiger partial charge in [-0.3, -0.25) is 4.79 Å². The zero-order valence-electron chi connectivity index (χ0n) is 10.3. The summed E-state index contributed by atoms with van der Waals surface area (Å²) < 4.78 is 10.3. The summed E-state index contributed by atoms with van der Waals surface area (Å²) in [6, 6.07) is 8.88. The molecule has 0 unspecified atom stereocenters. The van der Waals surface area contributed by atoms with Gasteiger partial charge in [-0.2, -0.15) is 5.26 Å². The molecule has 96 valence electrons. The molecule has 18 heavy (non-hydrogen) atoms. The van der Waals surface area contributed by atoms with Crippen molar-refractivity contribution < 1.29 is 14.3 Å². The smallest absolute Gasteiger partial charge is 0.226 e. The van der Waals surface area contributed by atoms with Crippen LogP contribution in [-0.4, -0.2) is 25.7 Å². The predicted octanol–water partition coefficient (Wildman–Crippen LogP) is 1.95. The van der Waals surface area contributed by atoms with Gasteiger partial charge in [-0.15, -0.1) is 0 Å². The lowest BCUT2D eigenvalue weighted by molar-refractivity contribution is -0.117. The number of amides is 1. The van der Waals surface area contributed by atoms with Gasteiger partial charge in [-0.25, -0.2) is 0 Å². The van der Waals surface area contributed by atoms with Crippen LogP contribution in [0.3, 0.4) is 0 Å². The fourth-order valence-electron chi connectivity index (χ4n) is 1.33. The number of carbonyl (C=O) groups excluding carboxylic acids is 1. The number of benzene rings is 1. The standard InChI is InChI=1S/C13H16N2O3/c1-2-17-9-7-13(16)15-11-5-3-4-6-12(11)18-10-8-14/h3-6H,2,7,9-10H2,1H3,(H,15,16). The van der Waals surface area contributed by atoms with Crippen LogP contribution in [0.1, 0.15) is 13.3 Å². The minimum atomic E-state index is -0.142. The second kappa shape index (κ2) is 8.09. The average molecular weight is 248 g/mol. The fourth-order valence-corrected chi connectivity index (χ4v) is 1.33. The highest BCUT2D eigenvalue weighted by molar-refractivity contribution is 5.92. The van der Waals surface area contributed by atoms with E-state index in [0.29, 0.717) is 31.1 Å². The van der Waals surface area contributed by atoms with Crippen LogP contribution in [0.25, 0.3) is 0 Å². The Labute approximate surface area is 106 Å². The van der Waals surface area contributed by atoms with Crippen molar-refractivity contribution in [2.24, 2.45) is 0 Å². The van der Waals surface area contributed by atoms with Crippen LogP contribution in [0.2, 0.25) is 0 Å². The van der Waals surface area contributed by atoms with Crippen molar-refractivity contribution >= 4 is 11.6 Å². The largest absolute Gasteiger partial charge is 0.477 e. The van der Waals surface area contributed by atoms with Gasteiger partial charge >= 0.3 is 0 Å². The van der Waals surface area contributed by atoms with Crippen molar-refractivity contribution in [2.75, 3.05) is 25.1 Å². The van der Waals surface area contributed by atoms with Crippen LogP contribution >= 0.6 is 0 Å². The molecule has 1 N–H and O–H groups in total. The van der Waals surface area contributed by atoms with Gasteiger partial charge in [0.2, 0.25) is 5.91 Å². The molecule has 0 aliphatic carbocycles. The molecule has 0 heterocycles. The van der Waals surface area contributed by atoms with Crippen molar-refractivity contribution in [3.05, 3.63) is 24.3 Å². The second-order valence-electron chi connectivity index (χ2n) is 3.44. The lowest BCUT2D eigenvalue weighted by atomic mass is 10.3. The zero-order chi connectivity index (χ0) is 13.2. The van der Waals surface area contributed by atoms with E-state index in [-0.39, 0.29) is 12.5 Å². The number of para-hydroxylation sites is 2. The molecular weight excluding hydrogens is 232 g/mol. The van der Waals surface area contributed by atoms with Gasteiger partial charge in [-0.1, -0.05) is 12.1 Å². The Morgan fingerprint density at radius 3 is 2.94 bits per heavy atom. The van der Waals surface area contributed by atoms with Gasteiger partial charge in [0.1, 0.15) is 11.8 Å². The highest BCUT2D eigenvalue weighted by Crippen LogP contribution is 2.23. The van der Waals surface area contributed by atoms with Crippen LogP contribution < -0.4 is 10.1 Å². The number of ether oxygens (including phenoxy) is 2. The minimum Gasteiger partial charge on any atom is -0.477 e. The molecule has 0 bridgehead atoms. The number of hydrogen-bond acceptors (Lipinski definition) is 4. The first-order valence-electron chi connectivity index (χ1n) is 5.74. The number of nitrogens with one attached hydrogen (secondary N) is 1. The van der Waals surface area contributed by atoms with Crippen LogP contribution in [0.4, 0.5) is 5.69 Å². The Morgan fingerprint density at radius 1 is 1.44 bits per heavy atom. The van der Waals surface area contributed by atoms with Crippen molar-refractivity contribution in [2.45, 2.75) is 13.3 Å². The SMILES string of the molecule is CCOCCC(=O)Nc1ccccc1OCC#N. The normalized spacial score (nSPS) is 9.56. The molecule has 0 fully saturated rings. The topological polar surface area (TPSA) is 71.3 Å². The molecule has 0 aliphatic heterocycles. The molecule has 5 heteroatoms. The third-order valence-electron chi connectivity index (χ3n) is 2.13. The van der Waals surface area contributed by atoms with E-state index in [1.54, 1.807) is 24.3 Å². The molecule has 1 amide bonds. The molecule has 1 aromatic carbocycles. The van der Waals surface area contributed by atoms with Crippen molar-refractivity contribution in [3.63, 3.8) is 0 Å². The summed E-state index contributed by atoms with van der Waals surface area (Å²) in [5.41, 5.74) is 0.564. The molecule has 1 rings (SSSR count). The van der Waals surface area contributed by atoms with Crippen LogP contribution in [0, 0.1) is 11.3 Å². The van der Waals surface area contributed by atoms with Crippen molar-refractivity contribution in [3.8, 4) is 11.8 Å². The first-order valence-corrected chi connectivity index (χ1v) is 5.74. The maximum Gasteiger partial charge on any atom is 0.226 e. The Bertz CT molecular complexity index is 426. The number of nitrogens with zero attached hydrogens (tertiary/aromatic N) is 1. The molecule has 0 atom stereocenters. The van der Waals surface area contributed by atoms with Gasteiger partial charge in [-0.05, 0) is 19.1 Å². The summed E-state index contributed by atoms with van der Waals surface area (Å²) in [5, 5.41) is 11.2. The van der Waals surface area contributed by atoms with E-state index in [0.717, 1.165) is 0 Å². The van der Waals surface area contributed by atoms with Crippen molar-refractivity contribution in [1.82, 2.24) is 0 Å². The number of nitriles is 1. The van der Waals surface area contributed by atoms with E-state index in [4.69, 9.17) is 14.7 Å². The summed E-state index contributed by atoms with van der Waals surface area (Å²) in [6.07, 6.45) is 0.292. The maximum atomic E-state index is 11.6. The zero-order valence-corrected chi connectivity index (χ0v) is 10.3. The van der Waals surface area contributed by atoms with Gasteiger partial charge in [0.25, 0.3) is 0 Å². The Morgan fingerprint density at radius 2 is 2.22 bits per heavy atom. The van der Waals surface area contributed by atoms with Crippen molar-refractivity contribution in [1.29, 1.82) is 5.26 Å².